The van der Waals surface area contributed by atoms with Crippen molar-refractivity contribution in [2.45, 2.75) is 66.2 Å². The van der Waals surface area contributed by atoms with Gasteiger partial charge in [0.1, 0.15) is 0 Å². The van der Waals surface area contributed by atoms with E-state index in [0.29, 0.717) is 0 Å². The highest BCUT2D eigenvalue weighted by molar-refractivity contribution is 7.25. The summed E-state index contributed by atoms with van der Waals surface area (Å²) >= 11 is 1.86. The number of nitrogens with zero attached hydrogens (tertiary/aromatic N) is 3. The molecule has 62 heavy (non-hydrogen) atoms. The number of aromatic nitrogens is 2. The zero-order chi connectivity index (χ0) is 42.7. The highest BCUT2D eigenvalue weighted by Gasteiger charge is 2.22. The van der Waals surface area contributed by atoms with Crippen LogP contribution in [0.5, 0.6) is 0 Å². The summed E-state index contributed by atoms with van der Waals surface area (Å²) in [5.41, 5.74) is 15.9. The Morgan fingerprint density at radius 2 is 0.790 bits per heavy atom. The SMILES string of the molecule is Cc1ccc2c(c1)c1cc(C)ccc1n2-c1ccc(N(c2ccc(-n3c4ccc(C(C)(C)C)cc4c4cc(C(C)(C)C)ccc43)cc2)c2ccc3sc4ccccc4c3c2)cc1. The lowest BCUT2D eigenvalue weighted by Crippen LogP contribution is -2.10. The highest BCUT2D eigenvalue weighted by Crippen LogP contribution is 2.43. The van der Waals surface area contributed by atoms with E-state index in [1.807, 2.05) is 11.3 Å². The predicted octanol–water partition coefficient (Wildman–Crippen LogP) is 16.9. The fourth-order valence-corrected chi connectivity index (χ4v) is 10.7. The van der Waals surface area contributed by atoms with Gasteiger partial charge in [-0.1, -0.05) is 95.1 Å². The van der Waals surface area contributed by atoms with E-state index < -0.39 is 0 Å². The van der Waals surface area contributed by atoms with Crippen molar-refractivity contribution < 1.29 is 0 Å². The molecular weight excluding hydrogens is 771 g/mol. The second kappa shape index (κ2) is 14.0. The van der Waals surface area contributed by atoms with Gasteiger partial charge in [0.2, 0.25) is 0 Å². The van der Waals surface area contributed by atoms with Crippen LogP contribution in [-0.4, -0.2) is 9.13 Å². The average Bonchev–Trinajstić information content (AvgIpc) is 3.90. The van der Waals surface area contributed by atoms with Crippen molar-refractivity contribution in [2.75, 3.05) is 4.90 Å². The molecule has 0 atom stereocenters. The van der Waals surface area contributed by atoms with Crippen molar-refractivity contribution in [3.63, 3.8) is 0 Å². The third-order valence-electron chi connectivity index (χ3n) is 12.9. The Labute approximate surface area is 368 Å². The average molecular weight is 822 g/mol. The molecule has 0 saturated carbocycles. The van der Waals surface area contributed by atoms with E-state index in [4.69, 9.17) is 0 Å². The molecule has 0 N–H and O–H groups in total. The van der Waals surface area contributed by atoms with E-state index in [-0.39, 0.29) is 10.8 Å². The summed E-state index contributed by atoms with van der Waals surface area (Å²) in [6, 6.07) is 61.8. The summed E-state index contributed by atoms with van der Waals surface area (Å²) in [6.07, 6.45) is 0. The number of thiophene rings is 1. The topological polar surface area (TPSA) is 13.1 Å². The normalized spacial score (nSPS) is 12.5. The van der Waals surface area contributed by atoms with Crippen LogP contribution < -0.4 is 4.90 Å². The molecule has 0 radical (unpaired) electrons. The number of anilines is 3. The van der Waals surface area contributed by atoms with Gasteiger partial charge in [0.05, 0.1) is 22.1 Å². The van der Waals surface area contributed by atoms with Crippen molar-refractivity contribution >= 4 is 92.2 Å². The van der Waals surface area contributed by atoms with Crippen LogP contribution in [0, 0.1) is 13.8 Å². The fourth-order valence-electron chi connectivity index (χ4n) is 9.57. The van der Waals surface area contributed by atoms with Crippen LogP contribution in [0.25, 0.3) is 75.2 Å². The minimum Gasteiger partial charge on any atom is -0.310 e. The Balaban J connectivity index is 1.07. The molecule has 11 rings (SSSR count). The Morgan fingerprint density at radius 3 is 1.27 bits per heavy atom. The lowest BCUT2D eigenvalue weighted by atomic mass is 9.85. The summed E-state index contributed by atoms with van der Waals surface area (Å²) in [6.45, 7) is 18.2. The van der Waals surface area contributed by atoms with Gasteiger partial charge in [-0.15, -0.1) is 11.3 Å². The first-order chi connectivity index (χ1) is 29.8. The maximum absolute atomic E-state index is 2.45. The predicted molar refractivity (Wildman–Crippen MR) is 270 cm³/mol. The van der Waals surface area contributed by atoms with Gasteiger partial charge in [-0.05, 0) is 157 Å². The molecule has 0 spiro atoms. The standard InChI is InChI=1S/C58H51N3S/c1-36-13-26-51-46(31-36)47-32-37(2)14-27-52(47)60(51)42-21-17-40(18-22-42)59(44-25-30-56-50(35-44)45-11-9-10-12-55(45)62-56)41-19-23-43(24-20-41)61-53-28-15-38(57(3,4)5)33-48(53)49-34-39(58(6,7)8)16-29-54(49)61/h9-35H,1-8H3. The molecule has 0 fully saturated rings. The number of fused-ring (bicyclic) bond motifs is 9. The van der Waals surface area contributed by atoms with Gasteiger partial charge in [0.15, 0.2) is 0 Å². The van der Waals surface area contributed by atoms with E-state index in [1.165, 1.54) is 86.0 Å². The zero-order valence-electron chi connectivity index (χ0n) is 36.8. The van der Waals surface area contributed by atoms with Crippen LogP contribution >= 0.6 is 11.3 Å². The van der Waals surface area contributed by atoms with Crippen molar-refractivity contribution in [1.82, 2.24) is 9.13 Å². The summed E-state index contributed by atoms with van der Waals surface area (Å²) in [5, 5.41) is 7.76. The van der Waals surface area contributed by atoms with Crippen LogP contribution in [0.3, 0.4) is 0 Å². The Kier molecular flexibility index (Phi) is 8.62. The van der Waals surface area contributed by atoms with Crippen LogP contribution in [-0.2, 0) is 10.8 Å². The first kappa shape index (κ1) is 38.3. The van der Waals surface area contributed by atoms with Gasteiger partial charge in [-0.25, -0.2) is 0 Å². The van der Waals surface area contributed by atoms with Crippen molar-refractivity contribution in [2.24, 2.45) is 0 Å². The summed E-state index contributed by atoms with van der Waals surface area (Å²) in [4.78, 5) is 2.41. The van der Waals surface area contributed by atoms with Gasteiger partial charge < -0.3 is 14.0 Å². The first-order valence-corrected chi connectivity index (χ1v) is 22.6. The van der Waals surface area contributed by atoms with Gasteiger partial charge >= 0.3 is 0 Å². The van der Waals surface area contributed by atoms with Crippen molar-refractivity contribution in [1.29, 1.82) is 0 Å². The molecule has 4 heteroatoms. The van der Waals surface area contributed by atoms with Crippen molar-refractivity contribution in [3.8, 4) is 11.4 Å². The van der Waals surface area contributed by atoms with E-state index in [0.717, 1.165) is 28.4 Å². The summed E-state index contributed by atoms with van der Waals surface area (Å²) in [5.74, 6) is 0. The van der Waals surface area contributed by atoms with Crippen LogP contribution in [0.1, 0.15) is 63.8 Å². The number of benzene rings is 8. The molecule has 3 nitrogen and oxygen atoms in total. The molecule has 0 amide bonds. The zero-order valence-corrected chi connectivity index (χ0v) is 37.7. The van der Waals surface area contributed by atoms with E-state index in [1.54, 1.807) is 0 Å². The summed E-state index contributed by atoms with van der Waals surface area (Å²) < 4.78 is 7.47. The second-order valence-corrected chi connectivity index (χ2v) is 20.4. The first-order valence-electron chi connectivity index (χ1n) is 21.8. The second-order valence-electron chi connectivity index (χ2n) is 19.3. The summed E-state index contributed by atoms with van der Waals surface area (Å²) in [7, 11) is 0. The molecular formula is C58H51N3S. The van der Waals surface area contributed by atoms with Gasteiger partial charge in [-0.2, -0.15) is 0 Å². The molecule has 0 aliphatic rings. The van der Waals surface area contributed by atoms with Crippen LogP contribution in [0.15, 0.2) is 164 Å². The molecule has 304 valence electrons. The Hall–Kier alpha value is -6.62. The monoisotopic (exact) mass is 821 g/mol. The Bertz CT molecular complexity index is 3410. The lowest BCUT2D eigenvalue weighted by molar-refractivity contribution is 0.590. The number of rotatable bonds is 5. The van der Waals surface area contributed by atoms with E-state index >= 15 is 0 Å². The van der Waals surface area contributed by atoms with Gasteiger partial charge in [0, 0.05) is 70.2 Å². The number of aryl methyl sites for hydroxylation is 2. The van der Waals surface area contributed by atoms with Gasteiger partial charge in [-0.3, -0.25) is 0 Å². The smallest absolute Gasteiger partial charge is 0.0541 e. The third kappa shape index (κ3) is 6.23. The molecule has 0 aliphatic carbocycles. The molecule has 8 aromatic carbocycles. The van der Waals surface area contributed by atoms with Gasteiger partial charge in [0.25, 0.3) is 0 Å². The molecule has 0 saturated heterocycles. The van der Waals surface area contributed by atoms with Crippen molar-refractivity contribution in [3.05, 3.63) is 186 Å². The maximum Gasteiger partial charge on any atom is 0.0541 e. The minimum absolute atomic E-state index is 0.0492. The third-order valence-corrected chi connectivity index (χ3v) is 14.1. The molecule has 11 aromatic rings. The minimum atomic E-state index is 0.0492. The quantitative estimate of drug-likeness (QED) is 0.169. The highest BCUT2D eigenvalue weighted by atomic mass is 32.1. The molecule has 0 unspecified atom stereocenters. The van der Waals surface area contributed by atoms with Crippen LogP contribution in [0.4, 0.5) is 17.1 Å². The molecule has 0 bridgehead atoms. The van der Waals surface area contributed by atoms with E-state index in [9.17, 15) is 0 Å². The lowest BCUT2D eigenvalue weighted by Gasteiger charge is -2.26. The fraction of sp³-hybridized carbons (Fsp3) is 0.172. The molecule has 3 aromatic heterocycles. The van der Waals surface area contributed by atoms with E-state index in [2.05, 4.69) is 233 Å². The molecule has 0 aliphatic heterocycles. The van der Waals surface area contributed by atoms with Crippen LogP contribution in [0.2, 0.25) is 0 Å². The largest absolute Gasteiger partial charge is 0.310 e. The number of hydrogen-bond donors (Lipinski definition) is 0. The Morgan fingerprint density at radius 1 is 0.371 bits per heavy atom. The molecule has 3 heterocycles. The maximum atomic E-state index is 2.45. The number of hydrogen-bond acceptors (Lipinski definition) is 2.